The van der Waals surface area contributed by atoms with Crippen LogP contribution in [0.15, 0.2) is 36.5 Å². The Morgan fingerprint density at radius 2 is 1.90 bits per heavy atom. The van der Waals surface area contributed by atoms with Crippen molar-refractivity contribution in [3.8, 4) is 0 Å². The van der Waals surface area contributed by atoms with Crippen LogP contribution in [0.25, 0.3) is 0 Å². The molecule has 0 bridgehead atoms. The summed E-state index contributed by atoms with van der Waals surface area (Å²) in [6, 6.07) is 7.41. The molecule has 0 aliphatic rings. The highest BCUT2D eigenvalue weighted by Gasteiger charge is 2.11. The monoisotopic (exact) mass is 309 g/mol. The number of hydrogen-bond acceptors (Lipinski definition) is 3. The van der Waals surface area contributed by atoms with Crippen molar-refractivity contribution in [3.05, 3.63) is 57.8 Å². The first kappa shape index (κ1) is 14.3. The third kappa shape index (κ3) is 3.26. The predicted octanol–water partition coefficient (Wildman–Crippen LogP) is 2.74. The molecule has 7 heteroatoms. The molecule has 0 saturated carbocycles. The normalized spacial score (nSPS) is 10.1. The smallest absolute Gasteiger partial charge is 0.255 e. The van der Waals surface area contributed by atoms with Crippen molar-refractivity contribution < 1.29 is 9.59 Å². The standard InChI is InChI=1S/C13H9Cl2N3O2/c14-10-2-1-8(6-9(10)12(16)19)18-13(20)7-3-4-17-11(15)5-7/h1-6H,(H2,16,19)(H,18,20). The van der Waals surface area contributed by atoms with Crippen molar-refractivity contribution in [2.45, 2.75) is 0 Å². The first-order chi connectivity index (χ1) is 9.47. The fourth-order valence-electron chi connectivity index (χ4n) is 1.54. The summed E-state index contributed by atoms with van der Waals surface area (Å²) in [4.78, 5) is 26.9. The number of nitrogens with zero attached hydrogens (tertiary/aromatic N) is 1. The topological polar surface area (TPSA) is 85.1 Å². The van der Waals surface area contributed by atoms with Gasteiger partial charge in [0, 0.05) is 17.4 Å². The number of benzene rings is 1. The van der Waals surface area contributed by atoms with E-state index in [2.05, 4.69) is 10.3 Å². The molecule has 1 heterocycles. The van der Waals surface area contributed by atoms with Gasteiger partial charge in [0.15, 0.2) is 0 Å². The van der Waals surface area contributed by atoms with Crippen molar-refractivity contribution in [1.82, 2.24) is 4.98 Å². The maximum atomic E-state index is 12.0. The number of anilines is 1. The van der Waals surface area contributed by atoms with Gasteiger partial charge in [-0.3, -0.25) is 9.59 Å². The SMILES string of the molecule is NC(=O)c1cc(NC(=O)c2ccnc(Cl)c2)ccc1Cl. The second-order valence-corrected chi connectivity index (χ2v) is 4.67. The van der Waals surface area contributed by atoms with Crippen LogP contribution >= 0.6 is 23.2 Å². The van der Waals surface area contributed by atoms with Gasteiger partial charge < -0.3 is 11.1 Å². The molecule has 1 aromatic carbocycles. The predicted molar refractivity (Wildman–Crippen MR) is 77.2 cm³/mol. The number of primary amides is 1. The van der Waals surface area contributed by atoms with Crippen LogP contribution in [0.1, 0.15) is 20.7 Å². The van der Waals surface area contributed by atoms with Crippen molar-refractivity contribution >= 4 is 40.7 Å². The lowest BCUT2D eigenvalue weighted by Crippen LogP contribution is -2.15. The molecule has 5 nitrogen and oxygen atoms in total. The van der Waals surface area contributed by atoms with E-state index in [1.54, 1.807) is 6.07 Å². The first-order valence-electron chi connectivity index (χ1n) is 5.49. The number of halogens is 2. The van der Waals surface area contributed by atoms with Gasteiger partial charge in [-0.05, 0) is 30.3 Å². The molecular formula is C13H9Cl2N3O2. The number of nitrogens with two attached hydrogens (primary N) is 1. The van der Waals surface area contributed by atoms with Gasteiger partial charge >= 0.3 is 0 Å². The first-order valence-corrected chi connectivity index (χ1v) is 6.25. The highest BCUT2D eigenvalue weighted by molar-refractivity contribution is 6.34. The Labute approximate surface area is 124 Å². The van der Waals surface area contributed by atoms with Crippen molar-refractivity contribution in [1.29, 1.82) is 0 Å². The number of pyridine rings is 1. The molecule has 0 atom stereocenters. The third-order valence-electron chi connectivity index (χ3n) is 2.48. The number of aromatic nitrogens is 1. The minimum Gasteiger partial charge on any atom is -0.366 e. The molecule has 1 aromatic heterocycles. The number of nitrogens with one attached hydrogen (secondary N) is 1. The van der Waals surface area contributed by atoms with Crippen LogP contribution in [0.3, 0.4) is 0 Å². The van der Waals surface area contributed by atoms with Crippen molar-refractivity contribution in [2.75, 3.05) is 5.32 Å². The molecule has 0 saturated heterocycles. The molecule has 2 aromatic rings. The van der Waals surface area contributed by atoms with Gasteiger partial charge in [-0.1, -0.05) is 23.2 Å². The zero-order valence-electron chi connectivity index (χ0n) is 10.1. The van der Waals surface area contributed by atoms with E-state index in [-0.39, 0.29) is 21.6 Å². The third-order valence-corrected chi connectivity index (χ3v) is 3.01. The minimum absolute atomic E-state index is 0.136. The second-order valence-electron chi connectivity index (χ2n) is 3.88. The number of hydrogen-bond donors (Lipinski definition) is 2. The van der Waals surface area contributed by atoms with Crippen LogP contribution in [-0.2, 0) is 0 Å². The van der Waals surface area contributed by atoms with Crippen molar-refractivity contribution in [3.63, 3.8) is 0 Å². The van der Waals surface area contributed by atoms with Crippen LogP contribution in [-0.4, -0.2) is 16.8 Å². The Balaban J connectivity index is 2.24. The van der Waals surface area contributed by atoms with Crippen LogP contribution in [0.5, 0.6) is 0 Å². The minimum atomic E-state index is -0.668. The van der Waals surface area contributed by atoms with E-state index in [0.717, 1.165) is 0 Å². The molecule has 0 aliphatic heterocycles. The van der Waals surface area contributed by atoms with Gasteiger partial charge in [0.05, 0.1) is 10.6 Å². The number of rotatable bonds is 3. The Morgan fingerprint density at radius 3 is 2.55 bits per heavy atom. The zero-order valence-corrected chi connectivity index (χ0v) is 11.6. The van der Waals surface area contributed by atoms with E-state index >= 15 is 0 Å². The summed E-state index contributed by atoms with van der Waals surface area (Å²) in [5.41, 5.74) is 6.07. The summed E-state index contributed by atoms with van der Waals surface area (Å²) in [6.45, 7) is 0. The van der Waals surface area contributed by atoms with Crippen LogP contribution in [0, 0.1) is 0 Å². The lowest BCUT2D eigenvalue weighted by molar-refractivity contribution is 0.0996. The lowest BCUT2D eigenvalue weighted by atomic mass is 10.2. The lowest BCUT2D eigenvalue weighted by Gasteiger charge is -2.07. The Hall–Kier alpha value is -2.11. The molecular weight excluding hydrogens is 301 g/mol. The summed E-state index contributed by atoms with van der Waals surface area (Å²) >= 11 is 11.5. The van der Waals surface area contributed by atoms with E-state index in [1.165, 1.54) is 30.5 Å². The van der Waals surface area contributed by atoms with E-state index in [1.807, 2.05) is 0 Å². The maximum Gasteiger partial charge on any atom is 0.255 e. The van der Waals surface area contributed by atoms with Gasteiger partial charge in [-0.2, -0.15) is 0 Å². The molecule has 2 amide bonds. The Kier molecular flexibility index (Phi) is 4.22. The molecule has 0 unspecified atom stereocenters. The molecule has 0 aliphatic carbocycles. The van der Waals surface area contributed by atoms with Gasteiger partial charge in [-0.25, -0.2) is 4.98 Å². The van der Waals surface area contributed by atoms with Crippen LogP contribution < -0.4 is 11.1 Å². The van der Waals surface area contributed by atoms with Crippen LogP contribution in [0.4, 0.5) is 5.69 Å². The van der Waals surface area contributed by atoms with E-state index in [4.69, 9.17) is 28.9 Å². The Bertz CT molecular complexity index is 689. The summed E-state index contributed by atoms with van der Waals surface area (Å²) in [6.07, 6.45) is 1.42. The largest absolute Gasteiger partial charge is 0.366 e. The zero-order chi connectivity index (χ0) is 14.7. The molecule has 0 fully saturated rings. The van der Waals surface area contributed by atoms with E-state index in [0.29, 0.717) is 11.3 Å². The summed E-state index contributed by atoms with van der Waals surface area (Å²) < 4.78 is 0. The number of amides is 2. The number of carbonyl (C=O) groups excluding carboxylic acids is 2. The highest BCUT2D eigenvalue weighted by atomic mass is 35.5. The summed E-state index contributed by atoms with van der Waals surface area (Å²) in [5.74, 6) is -1.05. The molecule has 0 spiro atoms. The number of carbonyl (C=O) groups is 2. The molecule has 102 valence electrons. The van der Waals surface area contributed by atoms with Crippen LogP contribution in [0.2, 0.25) is 10.2 Å². The average molecular weight is 310 g/mol. The Morgan fingerprint density at radius 1 is 1.15 bits per heavy atom. The second kappa shape index (κ2) is 5.90. The average Bonchev–Trinajstić information content (AvgIpc) is 2.40. The maximum absolute atomic E-state index is 12.0. The quantitative estimate of drug-likeness (QED) is 0.855. The molecule has 0 radical (unpaired) electrons. The van der Waals surface area contributed by atoms with E-state index in [9.17, 15) is 9.59 Å². The highest BCUT2D eigenvalue weighted by Crippen LogP contribution is 2.20. The molecule has 20 heavy (non-hydrogen) atoms. The fourth-order valence-corrected chi connectivity index (χ4v) is 1.92. The fraction of sp³-hybridized carbons (Fsp3) is 0. The van der Waals surface area contributed by atoms with E-state index < -0.39 is 5.91 Å². The van der Waals surface area contributed by atoms with Gasteiger partial charge in [-0.15, -0.1) is 0 Å². The van der Waals surface area contributed by atoms with Gasteiger partial charge in [0.1, 0.15) is 5.15 Å². The molecule has 3 N–H and O–H groups in total. The van der Waals surface area contributed by atoms with Crippen molar-refractivity contribution in [2.24, 2.45) is 5.73 Å². The van der Waals surface area contributed by atoms with Gasteiger partial charge in [0.2, 0.25) is 5.91 Å². The summed E-state index contributed by atoms with van der Waals surface area (Å²) in [5, 5.41) is 3.06. The molecule has 2 rings (SSSR count). The summed E-state index contributed by atoms with van der Waals surface area (Å²) in [7, 11) is 0. The van der Waals surface area contributed by atoms with Gasteiger partial charge in [0.25, 0.3) is 5.91 Å².